The minimum absolute atomic E-state index is 0.0433. The third kappa shape index (κ3) is 6.86. The van der Waals surface area contributed by atoms with Crippen molar-refractivity contribution >= 4 is 31.8 Å². The molecule has 0 bridgehead atoms. The Bertz CT molecular complexity index is 1440. The first-order valence-electron chi connectivity index (χ1n) is 12.6. The molecule has 1 aromatic heterocycles. The molecule has 1 heterocycles. The molecular weight excluding hydrogens is 528 g/mol. The van der Waals surface area contributed by atoms with Gasteiger partial charge < -0.3 is 4.42 Å². The number of anilines is 1. The van der Waals surface area contributed by atoms with Gasteiger partial charge in [0, 0.05) is 24.2 Å². The number of sulfonamides is 1. The van der Waals surface area contributed by atoms with Crippen molar-refractivity contribution in [3.63, 3.8) is 0 Å². The Kier molecular flexibility index (Phi) is 9.80. The molecule has 0 unspecified atom stereocenters. The van der Waals surface area contributed by atoms with Crippen LogP contribution in [0, 0.1) is 0 Å². The van der Waals surface area contributed by atoms with Crippen LogP contribution in [0.4, 0.5) is 6.01 Å². The highest BCUT2D eigenvalue weighted by atomic mass is 32.2. The van der Waals surface area contributed by atoms with Crippen LogP contribution in [-0.4, -0.2) is 55.6 Å². The van der Waals surface area contributed by atoms with E-state index in [4.69, 9.17) is 4.42 Å². The quantitative estimate of drug-likeness (QED) is 0.314. The van der Waals surface area contributed by atoms with Gasteiger partial charge in [-0.1, -0.05) is 37.9 Å². The van der Waals surface area contributed by atoms with E-state index in [1.165, 1.54) is 40.7 Å². The number of carbonyl (C=O) groups excluding carboxylic acids is 1. The summed E-state index contributed by atoms with van der Waals surface area (Å²) in [6.45, 7) is 8.12. The lowest BCUT2D eigenvalue weighted by Crippen LogP contribution is -2.33. The topological polar surface area (TPSA) is 140 Å². The normalized spacial score (nSPS) is 12.3. The minimum atomic E-state index is -3.68. The Morgan fingerprint density at radius 2 is 1.55 bits per heavy atom. The van der Waals surface area contributed by atoms with Gasteiger partial charge in [0.25, 0.3) is 5.91 Å². The van der Waals surface area contributed by atoms with Gasteiger partial charge >= 0.3 is 6.01 Å². The number of benzene rings is 2. The van der Waals surface area contributed by atoms with Gasteiger partial charge in [0.2, 0.25) is 15.9 Å². The molecule has 0 aliphatic carbocycles. The summed E-state index contributed by atoms with van der Waals surface area (Å²) >= 11 is 0. The van der Waals surface area contributed by atoms with Crippen LogP contribution < -0.4 is 5.32 Å². The predicted molar refractivity (Wildman–Crippen MR) is 145 cm³/mol. The molecule has 1 amide bonds. The van der Waals surface area contributed by atoms with E-state index in [0.29, 0.717) is 18.7 Å². The molecule has 10 nitrogen and oxygen atoms in total. The Labute approximate surface area is 224 Å². The number of amides is 1. The molecule has 206 valence electrons. The second-order valence-electron chi connectivity index (χ2n) is 9.12. The summed E-state index contributed by atoms with van der Waals surface area (Å²) in [6.07, 6.45) is 3.31. The van der Waals surface area contributed by atoms with E-state index in [-0.39, 0.29) is 27.3 Å². The fraction of sp³-hybridized carbons (Fsp3) is 0.423. The molecule has 0 saturated carbocycles. The first-order chi connectivity index (χ1) is 18.0. The molecule has 38 heavy (non-hydrogen) atoms. The third-order valence-electron chi connectivity index (χ3n) is 5.95. The van der Waals surface area contributed by atoms with E-state index in [1.807, 2.05) is 13.8 Å². The lowest BCUT2D eigenvalue weighted by atomic mass is 10.2. The number of aromatic nitrogens is 2. The second-order valence-corrected chi connectivity index (χ2v) is 13.6. The number of hydrogen-bond donors (Lipinski definition) is 1. The van der Waals surface area contributed by atoms with Crippen LogP contribution in [0.25, 0.3) is 11.5 Å². The van der Waals surface area contributed by atoms with E-state index in [1.54, 1.807) is 26.0 Å². The van der Waals surface area contributed by atoms with Crippen molar-refractivity contribution in [1.82, 2.24) is 14.5 Å². The molecule has 2 aromatic carbocycles. The van der Waals surface area contributed by atoms with Gasteiger partial charge in [-0.25, -0.2) is 16.8 Å². The van der Waals surface area contributed by atoms with E-state index in [2.05, 4.69) is 15.5 Å². The summed E-state index contributed by atoms with van der Waals surface area (Å²) in [5, 5.41) is 9.63. The number of unbranched alkanes of at least 4 members (excludes halogenated alkanes) is 2. The van der Waals surface area contributed by atoms with Gasteiger partial charge in [0.1, 0.15) is 0 Å². The Balaban J connectivity index is 1.74. The molecule has 0 atom stereocenters. The highest BCUT2D eigenvalue weighted by Crippen LogP contribution is 2.25. The van der Waals surface area contributed by atoms with Gasteiger partial charge in [0.05, 0.1) is 15.0 Å². The van der Waals surface area contributed by atoms with Crippen LogP contribution in [0.5, 0.6) is 0 Å². The lowest BCUT2D eigenvalue weighted by molar-refractivity contribution is 0.102. The SMILES string of the molecule is CCCCN(CCCC)S(=O)(=O)c1ccc(C(=O)Nc2nnc(-c3cccc(S(=O)(=O)C(C)C)c3)o2)cc1. The first kappa shape index (κ1) is 29.5. The van der Waals surface area contributed by atoms with Crippen molar-refractivity contribution in [2.75, 3.05) is 18.4 Å². The summed E-state index contributed by atoms with van der Waals surface area (Å²) in [7, 11) is -7.17. The van der Waals surface area contributed by atoms with Gasteiger partial charge in [-0.05, 0) is 69.2 Å². The molecule has 0 radical (unpaired) electrons. The monoisotopic (exact) mass is 562 g/mol. The number of rotatable bonds is 13. The van der Waals surface area contributed by atoms with E-state index in [9.17, 15) is 21.6 Å². The fourth-order valence-electron chi connectivity index (χ4n) is 3.59. The average Bonchev–Trinajstić information content (AvgIpc) is 3.37. The van der Waals surface area contributed by atoms with Crippen LogP contribution >= 0.6 is 0 Å². The lowest BCUT2D eigenvalue weighted by Gasteiger charge is -2.22. The summed E-state index contributed by atoms with van der Waals surface area (Å²) in [5.74, 6) is -0.518. The van der Waals surface area contributed by atoms with Crippen LogP contribution in [0.3, 0.4) is 0 Å². The van der Waals surface area contributed by atoms with Crippen molar-refractivity contribution in [3.05, 3.63) is 54.1 Å². The molecule has 1 N–H and O–H groups in total. The predicted octanol–water partition coefficient (Wildman–Crippen LogP) is 4.76. The zero-order chi connectivity index (χ0) is 27.9. The molecule has 0 aliphatic rings. The Morgan fingerprint density at radius 1 is 0.921 bits per heavy atom. The zero-order valence-electron chi connectivity index (χ0n) is 22.0. The second kappa shape index (κ2) is 12.6. The van der Waals surface area contributed by atoms with Gasteiger partial charge in [0.15, 0.2) is 9.84 Å². The summed E-state index contributed by atoms with van der Waals surface area (Å²) in [4.78, 5) is 13.0. The summed E-state index contributed by atoms with van der Waals surface area (Å²) < 4.78 is 58.2. The van der Waals surface area contributed by atoms with Crippen molar-refractivity contribution in [3.8, 4) is 11.5 Å². The van der Waals surface area contributed by atoms with Crippen molar-refractivity contribution < 1.29 is 26.0 Å². The van der Waals surface area contributed by atoms with Crippen molar-refractivity contribution in [2.24, 2.45) is 0 Å². The van der Waals surface area contributed by atoms with E-state index < -0.39 is 31.0 Å². The van der Waals surface area contributed by atoms with E-state index in [0.717, 1.165) is 25.7 Å². The average molecular weight is 563 g/mol. The number of sulfone groups is 1. The highest BCUT2D eigenvalue weighted by Gasteiger charge is 2.24. The highest BCUT2D eigenvalue weighted by molar-refractivity contribution is 7.92. The van der Waals surface area contributed by atoms with Crippen LogP contribution in [0.15, 0.2) is 62.7 Å². The smallest absolute Gasteiger partial charge is 0.322 e. The fourth-order valence-corrected chi connectivity index (χ4v) is 6.21. The molecule has 0 fully saturated rings. The zero-order valence-corrected chi connectivity index (χ0v) is 23.7. The standard InChI is InChI=1S/C26H34N4O6S2/c1-5-7-16-30(17-8-6-2)38(34,35)22-14-12-20(13-15-22)24(31)27-26-29-28-25(36-26)21-10-9-11-23(18-21)37(32,33)19(3)4/h9-15,18-19H,5-8,16-17H2,1-4H3,(H,27,29,31). The largest absolute Gasteiger partial charge is 0.403 e. The maximum absolute atomic E-state index is 13.1. The first-order valence-corrected chi connectivity index (χ1v) is 15.6. The Morgan fingerprint density at radius 3 is 2.13 bits per heavy atom. The number of carbonyl (C=O) groups is 1. The van der Waals surface area contributed by atoms with Crippen molar-refractivity contribution in [2.45, 2.75) is 68.4 Å². The number of hydrogen-bond acceptors (Lipinski definition) is 8. The van der Waals surface area contributed by atoms with Gasteiger partial charge in [-0.3, -0.25) is 10.1 Å². The molecule has 3 aromatic rings. The van der Waals surface area contributed by atoms with Gasteiger partial charge in [-0.2, -0.15) is 4.31 Å². The molecule has 3 rings (SSSR count). The van der Waals surface area contributed by atoms with E-state index >= 15 is 0 Å². The minimum Gasteiger partial charge on any atom is -0.403 e. The molecule has 0 aliphatic heterocycles. The third-order valence-corrected chi connectivity index (χ3v) is 10.0. The molecule has 0 spiro atoms. The number of nitrogens with one attached hydrogen (secondary N) is 1. The Hall–Kier alpha value is -3.09. The van der Waals surface area contributed by atoms with Crippen LogP contribution in [0.2, 0.25) is 0 Å². The number of nitrogens with zero attached hydrogens (tertiary/aromatic N) is 3. The molecule has 0 saturated heterocycles. The summed E-state index contributed by atoms with van der Waals surface area (Å²) in [6, 6.07) is 11.6. The van der Waals surface area contributed by atoms with Gasteiger partial charge in [-0.15, -0.1) is 5.10 Å². The molecular formula is C26H34N4O6S2. The van der Waals surface area contributed by atoms with Crippen LogP contribution in [-0.2, 0) is 19.9 Å². The maximum Gasteiger partial charge on any atom is 0.322 e. The van der Waals surface area contributed by atoms with Crippen molar-refractivity contribution in [1.29, 1.82) is 0 Å². The maximum atomic E-state index is 13.1. The summed E-state index contributed by atoms with van der Waals surface area (Å²) in [5.41, 5.74) is 0.604. The van der Waals surface area contributed by atoms with Crippen LogP contribution in [0.1, 0.15) is 63.7 Å². The molecule has 12 heteroatoms.